The number of carbonyl (C=O) groups excluding carboxylic acids is 2. The summed E-state index contributed by atoms with van der Waals surface area (Å²) in [5.41, 5.74) is 1.73. The fraction of sp³-hybridized carbons (Fsp3) is 0.467. The number of methoxy groups -OCH3 is 1. The van der Waals surface area contributed by atoms with Crippen LogP contribution in [0.2, 0.25) is 0 Å². The lowest BCUT2D eigenvalue weighted by atomic mass is 10.0. The Bertz CT molecular complexity index is 629. The molecule has 1 unspecified atom stereocenters. The predicted octanol–water partition coefficient (Wildman–Crippen LogP) is 1.85. The zero-order valence-corrected chi connectivity index (χ0v) is 10.9. The summed E-state index contributed by atoms with van der Waals surface area (Å²) >= 11 is 0. The highest BCUT2D eigenvalue weighted by Gasteiger charge is 2.19. The molecule has 0 bridgehead atoms. The average Bonchev–Trinajstić information content (AvgIpc) is 2.42. The fourth-order valence-corrected chi connectivity index (χ4v) is 1.47. The molecule has 0 spiro atoms. The molecule has 4 nitrogen and oxygen atoms in total. The van der Waals surface area contributed by atoms with Crippen LogP contribution in [0.25, 0.3) is 0 Å². The molecule has 0 radical (unpaired) electrons. The Morgan fingerprint density at radius 3 is 2.74 bits per heavy atom. The Balaban J connectivity index is 3.00. The van der Waals surface area contributed by atoms with Gasteiger partial charge in [0.1, 0.15) is 5.78 Å². The van der Waals surface area contributed by atoms with Crippen molar-refractivity contribution in [3.05, 3.63) is 35.4 Å². The van der Waals surface area contributed by atoms with Gasteiger partial charge in [0.25, 0.3) is 0 Å². The van der Waals surface area contributed by atoms with Gasteiger partial charge in [-0.15, -0.1) is 0 Å². The molecule has 19 heavy (non-hydrogen) atoms. The lowest BCUT2D eigenvalue weighted by molar-refractivity contribution is -0.130. The van der Waals surface area contributed by atoms with E-state index in [1.54, 1.807) is 12.1 Å². The van der Waals surface area contributed by atoms with Crippen molar-refractivity contribution < 1.29 is 22.6 Å². The molecule has 1 rings (SSSR count). The van der Waals surface area contributed by atoms with E-state index in [4.69, 9.17) is 8.22 Å². The van der Waals surface area contributed by atoms with Crippen molar-refractivity contribution in [2.45, 2.75) is 26.8 Å². The van der Waals surface area contributed by atoms with E-state index < -0.39 is 37.6 Å². The Kier molecular flexibility index (Phi) is 3.43. The molecule has 4 heteroatoms. The predicted molar refractivity (Wildman–Crippen MR) is 73.7 cm³/mol. The lowest BCUT2D eigenvalue weighted by Gasteiger charge is -2.14. The summed E-state index contributed by atoms with van der Waals surface area (Å²) in [5, 5.41) is 2.37. The molecule has 0 aliphatic carbocycles. The molecular weight excluding hydrogens is 242 g/mol. The van der Waals surface area contributed by atoms with Gasteiger partial charge in [0.05, 0.1) is 19.3 Å². The third-order valence-electron chi connectivity index (χ3n) is 2.45. The minimum atomic E-state index is -3.19. The Morgan fingerprint density at radius 1 is 1.47 bits per heavy atom. The van der Waals surface area contributed by atoms with Crippen molar-refractivity contribution in [1.82, 2.24) is 5.32 Å². The smallest absolute Gasteiger partial charge is 0.226 e. The van der Waals surface area contributed by atoms with E-state index in [-0.39, 0.29) is 6.54 Å². The summed E-state index contributed by atoms with van der Waals surface area (Å²) in [6.07, 6.45) is -0.824. The molecule has 0 fully saturated rings. The number of hydrogen-bond acceptors (Lipinski definition) is 3. The van der Waals surface area contributed by atoms with Crippen LogP contribution >= 0.6 is 0 Å². The number of hydrogen-bond donors (Lipinski definition) is 1. The second-order valence-electron chi connectivity index (χ2n) is 4.23. The van der Waals surface area contributed by atoms with Gasteiger partial charge in [-0.25, -0.2) is 0 Å². The van der Waals surface area contributed by atoms with Crippen molar-refractivity contribution in [2.75, 3.05) is 13.6 Å². The molecule has 1 aromatic carbocycles. The molecule has 1 aromatic rings. The van der Waals surface area contributed by atoms with Crippen LogP contribution in [0.4, 0.5) is 0 Å². The molecule has 1 N–H and O–H groups in total. The van der Waals surface area contributed by atoms with E-state index >= 15 is 0 Å². The highest BCUT2D eigenvalue weighted by molar-refractivity contribution is 5.85. The van der Waals surface area contributed by atoms with Gasteiger partial charge in [-0.05, 0) is 19.4 Å². The number of benzene rings is 1. The van der Waals surface area contributed by atoms with Gasteiger partial charge >= 0.3 is 0 Å². The zero-order valence-electron chi connectivity index (χ0n) is 16.9. The first-order valence-corrected chi connectivity index (χ1v) is 5.80. The number of rotatable bonds is 7. The second kappa shape index (κ2) is 7.69. The molecule has 104 valence electrons. The van der Waals surface area contributed by atoms with Gasteiger partial charge in [-0.3, -0.25) is 4.79 Å². The van der Waals surface area contributed by atoms with Crippen molar-refractivity contribution >= 4 is 11.7 Å². The van der Waals surface area contributed by atoms with Crippen LogP contribution < -0.4 is 5.32 Å². The van der Waals surface area contributed by atoms with E-state index in [0.29, 0.717) is 5.56 Å². The Morgan fingerprint density at radius 2 is 2.16 bits per heavy atom. The number of ketones is 1. The van der Waals surface area contributed by atoms with Crippen LogP contribution in [-0.2, 0) is 20.9 Å². The van der Waals surface area contributed by atoms with Crippen molar-refractivity contribution in [3.63, 3.8) is 0 Å². The quantitative estimate of drug-likeness (QED) is 0.822. The van der Waals surface area contributed by atoms with Crippen molar-refractivity contribution in [2.24, 2.45) is 5.89 Å². The average molecular weight is 269 g/mol. The number of amides is 1. The number of Topliss-reactive ketones (excluding diaryl/α,β-unsaturated/α-hetero) is 1. The maximum absolute atomic E-state index is 12.4. The van der Waals surface area contributed by atoms with Crippen LogP contribution in [0.3, 0.4) is 0 Å². The first-order chi connectivity index (χ1) is 11.3. The molecule has 1 atom stereocenters. The number of aryl methyl sites for hydroxylation is 1. The SMILES string of the molecule is [2H]C([2H])([2H])OC([2H])([2H])C([2H])(CC(C)=O)C(=O)NCc1ccc(C)cc1. The van der Waals surface area contributed by atoms with Gasteiger partial charge in [-0.1, -0.05) is 29.8 Å². The number of ether oxygens (including phenoxy) is 1. The minimum Gasteiger partial charge on any atom is -0.384 e. The summed E-state index contributed by atoms with van der Waals surface area (Å²) in [4.78, 5) is 23.8. The van der Waals surface area contributed by atoms with Gasteiger partial charge in [-0.2, -0.15) is 0 Å². The maximum atomic E-state index is 12.4. The molecule has 0 aromatic heterocycles. The second-order valence-corrected chi connectivity index (χ2v) is 4.23. The largest absolute Gasteiger partial charge is 0.384 e. The van der Waals surface area contributed by atoms with Crippen LogP contribution in [0, 0.1) is 12.8 Å². The summed E-state index contributed by atoms with van der Waals surface area (Å²) in [7, 11) is -3.16. The summed E-state index contributed by atoms with van der Waals surface area (Å²) in [5.74, 6) is -4.51. The monoisotopic (exact) mass is 269 g/mol. The molecule has 0 saturated heterocycles. The first-order valence-electron chi connectivity index (χ1n) is 8.80. The Hall–Kier alpha value is -1.68. The summed E-state index contributed by atoms with van der Waals surface area (Å²) < 4.78 is 49.0. The maximum Gasteiger partial charge on any atom is 0.226 e. The molecule has 0 saturated carbocycles. The van der Waals surface area contributed by atoms with Gasteiger partial charge < -0.3 is 14.8 Å². The number of nitrogens with one attached hydrogen (secondary N) is 1. The summed E-state index contributed by atoms with van der Waals surface area (Å²) in [6, 6.07) is 7.14. The normalized spacial score (nSPS) is 19.7. The van der Waals surface area contributed by atoms with Crippen LogP contribution in [-0.4, -0.2) is 25.3 Å². The van der Waals surface area contributed by atoms with Crippen molar-refractivity contribution in [3.8, 4) is 0 Å². The highest BCUT2D eigenvalue weighted by Crippen LogP contribution is 2.07. The molecule has 0 heterocycles. The van der Waals surface area contributed by atoms with E-state index in [9.17, 15) is 9.59 Å². The summed E-state index contributed by atoms with van der Waals surface area (Å²) in [6.45, 7) is -0.213. The van der Waals surface area contributed by atoms with Gasteiger partial charge in [0.15, 0.2) is 0 Å². The minimum absolute atomic E-state index is 0.00148. The molecule has 0 aliphatic heterocycles. The van der Waals surface area contributed by atoms with E-state index in [1.165, 1.54) is 0 Å². The molecule has 0 aliphatic rings. The highest BCUT2D eigenvalue weighted by atomic mass is 16.5. The van der Waals surface area contributed by atoms with Crippen LogP contribution in [0.15, 0.2) is 24.3 Å². The van der Waals surface area contributed by atoms with Gasteiger partial charge in [0, 0.05) is 21.4 Å². The topological polar surface area (TPSA) is 55.4 Å². The fourth-order valence-electron chi connectivity index (χ4n) is 1.47. The molecule has 1 amide bonds. The standard InChI is InChI=1S/C15H21NO3/c1-11-4-6-13(7-5-11)9-16-15(18)14(10-19-3)8-12(2)17/h4-7,14H,8-10H2,1-3H3,(H,16,18)/i3D3,10D2,14D. The van der Waals surface area contributed by atoms with E-state index in [0.717, 1.165) is 12.5 Å². The zero-order chi connectivity index (χ0) is 19.5. The van der Waals surface area contributed by atoms with E-state index in [2.05, 4.69) is 10.1 Å². The molecular formula is C15H21NO3. The number of carbonyl (C=O) groups is 2. The first kappa shape index (κ1) is 8.48. The van der Waals surface area contributed by atoms with Gasteiger partial charge in [0.2, 0.25) is 5.91 Å². The lowest BCUT2D eigenvalue weighted by Crippen LogP contribution is -2.33. The van der Waals surface area contributed by atoms with E-state index in [1.807, 2.05) is 19.1 Å². The third kappa shape index (κ3) is 5.66. The van der Waals surface area contributed by atoms with Crippen LogP contribution in [0.5, 0.6) is 0 Å². The van der Waals surface area contributed by atoms with Crippen LogP contribution in [0.1, 0.15) is 32.7 Å². The Labute approximate surface area is 122 Å². The van der Waals surface area contributed by atoms with Crippen molar-refractivity contribution in [1.29, 1.82) is 0 Å². The third-order valence-corrected chi connectivity index (χ3v) is 2.45.